The van der Waals surface area contributed by atoms with Gasteiger partial charge in [-0.25, -0.2) is 9.37 Å². The summed E-state index contributed by atoms with van der Waals surface area (Å²) >= 11 is 0. The number of aromatic nitrogens is 1. The second-order valence-electron chi connectivity index (χ2n) is 6.03. The number of nitrogens with zero attached hydrogens (tertiary/aromatic N) is 2. The van der Waals surface area contributed by atoms with Gasteiger partial charge in [0.15, 0.2) is 11.6 Å². The monoisotopic (exact) mass is 342 g/mol. The van der Waals surface area contributed by atoms with Gasteiger partial charge in [0.05, 0.1) is 12.1 Å². The smallest absolute Gasteiger partial charge is 0.254 e. The third-order valence-corrected chi connectivity index (χ3v) is 4.21. The number of carbonyl (C=O) groups is 2. The Balaban J connectivity index is 1.74. The van der Waals surface area contributed by atoms with Crippen molar-refractivity contribution in [1.29, 1.82) is 0 Å². The number of rotatable bonds is 4. The number of benzene rings is 1. The molecule has 2 aromatic rings. The van der Waals surface area contributed by atoms with Crippen LogP contribution in [-0.4, -0.2) is 40.8 Å². The quantitative estimate of drug-likeness (QED) is 0.801. The molecule has 130 valence electrons. The molecule has 1 aliphatic heterocycles. The fraction of sp³-hybridized carbons (Fsp3) is 0.316. The Hall–Kier alpha value is -2.76. The van der Waals surface area contributed by atoms with Crippen molar-refractivity contribution in [3.63, 3.8) is 0 Å². The number of amides is 1. The molecule has 1 fully saturated rings. The summed E-state index contributed by atoms with van der Waals surface area (Å²) in [6.45, 7) is 2.36. The number of likely N-dealkylation sites (tertiary alicyclic amines) is 1. The number of halogens is 1. The highest BCUT2D eigenvalue weighted by Crippen LogP contribution is 2.21. The van der Waals surface area contributed by atoms with Crippen LogP contribution in [0.25, 0.3) is 0 Å². The number of ether oxygens (including phenoxy) is 1. The first-order valence-electron chi connectivity index (χ1n) is 8.22. The number of carbonyl (C=O) groups excluding carboxylic acids is 2. The minimum absolute atomic E-state index is 0.0501. The average Bonchev–Trinajstić information content (AvgIpc) is 2.63. The first kappa shape index (κ1) is 17.1. The maximum atomic E-state index is 13.7. The van der Waals surface area contributed by atoms with Crippen molar-refractivity contribution in [3.8, 4) is 5.88 Å². The lowest BCUT2D eigenvalue weighted by atomic mass is 10.0. The Morgan fingerprint density at radius 3 is 2.68 bits per heavy atom. The van der Waals surface area contributed by atoms with Gasteiger partial charge in [0.2, 0.25) is 0 Å². The summed E-state index contributed by atoms with van der Waals surface area (Å²) in [6.07, 6.45) is 2.60. The van der Waals surface area contributed by atoms with Gasteiger partial charge in [-0.05, 0) is 38.0 Å². The first-order valence-corrected chi connectivity index (χ1v) is 8.22. The summed E-state index contributed by atoms with van der Waals surface area (Å²) in [6, 6.07) is 9.56. The molecular formula is C19H19FN2O3. The molecule has 0 aliphatic carbocycles. The molecule has 2 heterocycles. The highest BCUT2D eigenvalue weighted by atomic mass is 19.1. The molecule has 0 N–H and O–H groups in total. The molecule has 5 nitrogen and oxygen atoms in total. The topological polar surface area (TPSA) is 59.5 Å². The number of ketones is 1. The van der Waals surface area contributed by atoms with E-state index in [9.17, 15) is 14.0 Å². The van der Waals surface area contributed by atoms with Gasteiger partial charge in [0, 0.05) is 18.3 Å². The van der Waals surface area contributed by atoms with E-state index in [1.165, 1.54) is 25.3 Å². The van der Waals surface area contributed by atoms with Gasteiger partial charge in [0.25, 0.3) is 11.8 Å². The molecule has 0 unspecified atom stereocenters. The zero-order chi connectivity index (χ0) is 17.8. The second-order valence-corrected chi connectivity index (χ2v) is 6.03. The SMILES string of the molecule is CC(=O)c1ccccc1C(=O)N1CCC[C@@H](Oc2ncccc2F)C1. The number of pyridine rings is 1. The molecule has 0 bridgehead atoms. The minimum atomic E-state index is -0.520. The normalized spacial score (nSPS) is 17.2. The number of hydrogen-bond acceptors (Lipinski definition) is 4. The van der Waals surface area contributed by atoms with Crippen molar-refractivity contribution < 1.29 is 18.7 Å². The van der Waals surface area contributed by atoms with Crippen LogP contribution in [0.5, 0.6) is 5.88 Å². The van der Waals surface area contributed by atoms with Gasteiger partial charge < -0.3 is 9.64 Å². The van der Waals surface area contributed by atoms with Crippen molar-refractivity contribution in [1.82, 2.24) is 9.88 Å². The van der Waals surface area contributed by atoms with Crippen LogP contribution in [-0.2, 0) is 0 Å². The highest BCUT2D eigenvalue weighted by Gasteiger charge is 2.28. The Morgan fingerprint density at radius 2 is 1.96 bits per heavy atom. The molecular weight excluding hydrogens is 323 g/mol. The summed E-state index contributed by atoms with van der Waals surface area (Å²) in [7, 11) is 0. The van der Waals surface area contributed by atoms with Gasteiger partial charge >= 0.3 is 0 Å². The summed E-state index contributed by atoms with van der Waals surface area (Å²) in [5, 5.41) is 0. The van der Waals surface area contributed by atoms with Crippen molar-refractivity contribution in [2.75, 3.05) is 13.1 Å². The van der Waals surface area contributed by atoms with Gasteiger partial charge in [-0.2, -0.15) is 0 Å². The fourth-order valence-corrected chi connectivity index (χ4v) is 2.98. The zero-order valence-electron chi connectivity index (χ0n) is 13.9. The van der Waals surface area contributed by atoms with Crippen LogP contribution in [0.1, 0.15) is 40.5 Å². The lowest BCUT2D eigenvalue weighted by molar-refractivity contribution is 0.0516. The van der Waals surface area contributed by atoms with E-state index in [4.69, 9.17) is 4.74 Å². The molecule has 3 rings (SSSR count). The molecule has 6 heteroatoms. The standard InChI is InChI=1S/C19H19FN2O3/c1-13(23)15-7-2-3-8-16(15)19(24)22-11-5-6-14(12-22)25-18-17(20)9-4-10-21-18/h2-4,7-10,14H,5-6,11-12H2,1H3/t14-/m1/s1. The number of Topliss-reactive ketones (excluding diaryl/α,β-unsaturated/α-hetero) is 1. The second kappa shape index (κ2) is 7.42. The molecule has 1 aromatic carbocycles. The van der Waals surface area contributed by atoms with Crippen LogP contribution in [0.3, 0.4) is 0 Å². The predicted octanol–water partition coefficient (Wildman–Crippen LogP) is 3.11. The van der Waals surface area contributed by atoms with Gasteiger partial charge in [-0.1, -0.05) is 18.2 Å². The summed E-state index contributed by atoms with van der Waals surface area (Å²) < 4.78 is 19.3. The molecule has 1 saturated heterocycles. The highest BCUT2D eigenvalue weighted by molar-refractivity contribution is 6.07. The minimum Gasteiger partial charge on any atom is -0.470 e. The van der Waals surface area contributed by atoms with Crippen LogP contribution in [0.2, 0.25) is 0 Å². The van der Waals surface area contributed by atoms with Crippen LogP contribution in [0, 0.1) is 5.82 Å². The molecule has 0 saturated carbocycles. The van der Waals surface area contributed by atoms with Crippen molar-refractivity contribution >= 4 is 11.7 Å². The van der Waals surface area contributed by atoms with E-state index in [2.05, 4.69) is 4.98 Å². The molecule has 1 aliphatic rings. The van der Waals surface area contributed by atoms with Crippen molar-refractivity contribution in [3.05, 3.63) is 59.5 Å². The van der Waals surface area contributed by atoms with E-state index in [1.54, 1.807) is 29.2 Å². The maximum Gasteiger partial charge on any atom is 0.254 e. The summed E-state index contributed by atoms with van der Waals surface area (Å²) in [5.74, 6) is -0.927. The first-order chi connectivity index (χ1) is 12.1. The number of piperidine rings is 1. The lowest BCUT2D eigenvalue weighted by Gasteiger charge is -2.33. The van der Waals surface area contributed by atoms with E-state index < -0.39 is 5.82 Å². The van der Waals surface area contributed by atoms with Crippen LogP contribution < -0.4 is 4.74 Å². The Bertz CT molecular complexity index is 794. The van der Waals surface area contributed by atoms with E-state index in [1.807, 2.05) is 0 Å². The molecule has 1 aromatic heterocycles. The average molecular weight is 342 g/mol. The lowest BCUT2D eigenvalue weighted by Crippen LogP contribution is -2.44. The van der Waals surface area contributed by atoms with Gasteiger partial charge in [0.1, 0.15) is 6.10 Å². The van der Waals surface area contributed by atoms with Gasteiger partial charge in [-0.15, -0.1) is 0 Å². The summed E-state index contributed by atoms with van der Waals surface area (Å²) in [5.41, 5.74) is 0.797. The molecule has 1 atom stereocenters. The zero-order valence-corrected chi connectivity index (χ0v) is 13.9. The molecule has 25 heavy (non-hydrogen) atoms. The summed E-state index contributed by atoms with van der Waals surface area (Å²) in [4.78, 5) is 30.1. The third kappa shape index (κ3) is 3.84. The Morgan fingerprint density at radius 1 is 1.20 bits per heavy atom. The Kier molecular flexibility index (Phi) is 5.07. The molecule has 1 amide bonds. The largest absolute Gasteiger partial charge is 0.470 e. The van der Waals surface area contributed by atoms with Crippen LogP contribution in [0.4, 0.5) is 4.39 Å². The molecule has 0 spiro atoms. The fourth-order valence-electron chi connectivity index (χ4n) is 2.98. The van der Waals surface area contributed by atoms with Crippen molar-refractivity contribution in [2.45, 2.75) is 25.9 Å². The van der Waals surface area contributed by atoms with Crippen LogP contribution in [0.15, 0.2) is 42.6 Å². The van der Waals surface area contributed by atoms with E-state index in [-0.39, 0.29) is 23.7 Å². The van der Waals surface area contributed by atoms with Crippen LogP contribution >= 0.6 is 0 Å². The third-order valence-electron chi connectivity index (χ3n) is 4.21. The maximum absolute atomic E-state index is 13.7. The van der Waals surface area contributed by atoms with E-state index in [0.29, 0.717) is 30.6 Å². The van der Waals surface area contributed by atoms with E-state index in [0.717, 1.165) is 6.42 Å². The van der Waals surface area contributed by atoms with Crippen molar-refractivity contribution in [2.24, 2.45) is 0 Å². The van der Waals surface area contributed by atoms with Gasteiger partial charge in [-0.3, -0.25) is 9.59 Å². The molecule has 0 radical (unpaired) electrons. The number of hydrogen-bond donors (Lipinski definition) is 0. The van der Waals surface area contributed by atoms with E-state index >= 15 is 0 Å². The Labute approximate surface area is 145 Å². The predicted molar refractivity (Wildman–Crippen MR) is 90.2 cm³/mol.